The molecule has 0 fully saturated rings. The molecule has 0 aliphatic heterocycles. The van der Waals surface area contributed by atoms with Gasteiger partial charge in [-0.05, 0) is 24.1 Å². The van der Waals surface area contributed by atoms with Gasteiger partial charge in [-0.25, -0.2) is 0 Å². The van der Waals surface area contributed by atoms with Gasteiger partial charge in [-0.2, -0.15) is 16.8 Å². The molecule has 0 bridgehead atoms. The molecule has 6 nitrogen and oxygen atoms in total. The van der Waals surface area contributed by atoms with Gasteiger partial charge in [0.15, 0.2) is 0 Å². The first kappa shape index (κ1) is 17.4. The van der Waals surface area contributed by atoms with E-state index < -0.39 is 30.0 Å². The van der Waals surface area contributed by atoms with E-state index in [1.807, 2.05) is 0 Å². The van der Waals surface area contributed by atoms with E-state index in [-0.39, 0.29) is 31.4 Å². The summed E-state index contributed by atoms with van der Waals surface area (Å²) in [5.74, 6) is 0. The fourth-order valence-electron chi connectivity index (χ4n) is 1.32. The molecule has 2 N–H and O–H groups in total. The molecule has 0 spiro atoms. The minimum absolute atomic E-state index is 0. The summed E-state index contributed by atoms with van der Waals surface area (Å²) in [5, 5.41) is 0. The van der Waals surface area contributed by atoms with Crippen molar-refractivity contribution in [3.63, 3.8) is 0 Å². The van der Waals surface area contributed by atoms with Crippen molar-refractivity contribution >= 4 is 25.8 Å². The van der Waals surface area contributed by atoms with Crippen molar-refractivity contribution in [1.82, 2.24) is 0 Å². The second-order valence-electron chi connectivity index (χ2n) is 3.36. The van der Waals surface area contributed by atoms with Crippen LogP contribution in [0.5, 0.6) is 0 Å². The van der Waals surface area contributed by atoms with Crippen molar-refractivity contribution in [2.24, 2.45) is 0 Å². The summed E-state index contributed by atoms with van der Waals surface area (Å²) in [4.78, 5) is -1.74. The number of benzene rings is 1. The molecule has 9 heteroatoms. The van der Waals surface area contributed by atoms with Gasteiger partial charge in [0.25, 0.3) is 20.2 Å². The van der Waals surface area contributed by atoms with E-state index in [9.17, 15) is 16.8 Å². The van der Waals surface area contributed by atoms with Crippen molar-refractivity contribution in [1.29, 1.82) is 0 Å². The van der Waals surface area contributed by atoms with Crippen LogP contribution in [-0.2, 0) is 20.2 Å². The van der Waals surface area contributed by atoms with E-state index in [1.54, 1.807) is 0 Å². The normalized spacial score (nSPS) is 11.7. The molecule has 0 saturated heterocycles. The SMILES string of the molecule is C=C(C)c1cccc(S(=O)(=O)O)c1S(=O)(=O)O.[H-].[Li+]. The van der Waals surface area contributed by atoms with Gasteiger partial charge < -0.3 is 1.43 Å². The topological polar surface area (TPSA) is 109 Å². The first-order valence-corrected chi connectivity index (χ1v) is 7.17. The minimum Gasteiger partial charge on any atom is -1.00 e. The van der Waals surface area contributed by atoms with Gasteiger partial charge in [0.05, 0.1) is 0 Å². The molecule has 0 aliphatic carbocycles. The number of rotatable bonds is 3. The van der Waals surface area contributed by atoms with E-state index in [0.717, 1.165) is 6.07 Å². The predicted octanol–water partition coefficient (Wildman–Crippen LogP) is -1.67. The zero-order chi connectivity index (χ0) is 13.4. The van der Waals surface area contributed by atoms with Crippen LogP contribution in [0.25, 0.3) is 5.57 Å². The molecule has 0 atom stereocenters. The maximum absolute atomic E-state index is 11.2. The Bertz CT molecular complexity index is 681. The molecule has 1 rings (SSSR count). The summed E-state index contributed by atoms with van der Waals surface area (Å²) in [6.07, 6.45) is 0. The second kappa shape index (κ2) is 5.57. The van der Waals surface area contributed by atoms with Gasteiger partial charge >= 0.3 is 18.9 Å². The van der Waals surface area contributed by atoms with Crippen molar-refractivity contribution in [3.05, 3.63) is 30.3 Å². The van der Waals surface area contributed by atoms with E-state index in [0.29, 0.717) is 0 Å². The van der Waals surface area contributed by atoms with Crippen LogP contribution < -0.4 is 18.9 Å². The Hall–Kier alpha value is -0.623. The van der Waals surface area contributed by atoms with Crippen molar-refractivity contribution in [3.8, 4) is 0 Å². The molecular formula is C9H11LiO6S2. The zero-order valence-corrected chi connectivity index (χ0v) is 11.4. The van der Waals surface area contributed by atoms with E-state index >= 15 is 0 Å². The van der Waals surface area contributed by atoms with Crippen LogP contribution >= 0.6 is 0 Å². The van der Waals surface area contributed by atoms with E-state index in [4.69, 9.17) is 9.11 Å². The fourth-order valence-corrected chi connectivity index (χ4v) is 3.39. The Morgan fingerprint density at radius 2 is 1.67 bits per heavy atom. The molecule has 0 aromatic heterocycles. The van der Waals surface area contributed by atoms with Gasteiger partial charge in [0.1, 0.15) is 9.79 Å². The largest absolute Gasteiger partial charge is 1.00 e. The summed E-state index contributed by atoms with van der Waals surface area (Å²) in [6.45, 7) is 4.91. The van der Waals surface area contributed by atoms with E-state index in [2.05, 4.69) is 6.58 Å². The maximum Gasteiger partial charge on any atom is 1.00 e. The third-order valence-electron chi connectivity index (χ3n) is 1.97. The fraction of sp³-hybridized carbons (Fsp3) is 0.111. The summed E-state index contributed by atoms with van der Waals surface area (Å²) in [6, 6.07) is 3.40. The monoisotopic (exact) mass is 286 g/mol. The Balaban J connectivity index is 0. The first-order chi connectivity index (χ1) is 7.55. The van der Waals surface area contributed by atoms with Crippen molar-refractivity contribution in [2.45, 2.75) is 16.7 Å². The molecule has 0 saturated carbocycles. The number of hydrogen-bond donors (Lipinski definition) is 2. The molecular weight excluding hydrogens is 275 g/mol. The van der Waals surface area contributed by atoms with E-state index in [1.165, 1.54) is 19.1 Å². The maximum atomic E-state index is 11.2. The third-order valence-corrected chi connectivity index (χ3v) is 3.96. The Morgan fingerprint density at radius 3 is 2.00 bits per heavy atom. The molecule has 96 valence electrons. The molecule has 0 aliphatic rings. The van der Waals surface area contributed by atoms with Gasteiger partial charge in [-0.1, -0.05) is 18.7 Å². The smallest absolute Gasteiger partial charge is 1.00 e. The van der Waals surface area contributed by atoms with Gasteiger partial charge in [0.2, 0.25) is 0 Å². The molecule has 1 aromatic rings. The standard InChI is InChI=1S/C9H10O6S2.Li.H/c1-6(2)7-4-3-5-8(16(10,11)12)9(7)17(13,14)15;;/h3-5H,1H2,2H3,(H,10,11,12)(H,13,14,15);;/q;+1;-1. The van der Waals surface area contributed by atoms with Crippen molar-refractivity contribution in [2.75, 3.05) is 0 Å². The van der Waals surface area contributed by atoms with Crippen LogP contribution in [-0.4, -0.2) is 25.9 Å². The van der Waals surface area contributed by atoms with Crippen molar-refractivity contribution < 1.29 is 46.2 Å². The molecule has 0 radical (unpaired) electrons. The summed E-state index contributed by atoms with van der Waals surface area (Å²) in [5.41, 5.74) is 0.172. The van der Waals surface area contributed by atoms with Crippen LogP contribution in [0, 0.1) is 0 Å². The minimum atomic E-state index is -4.79. The van der Waals surface area contributed by atoms with Crippen LogP contribution in [0.2, 0.25) is 0 Å². The van der Waals surface area contributed by atoms with Gasteiger partial charge in [0, 0.05) is 0 Å². The number of hydrogen-bond acceptors (Lipinski definition) is 4. The average Bonchev–Trinajstić information content (AvgIpc) is 2.13. The molecule has 0 heterocycles. The Labute approximate surface area is 119 Å². The Morgan fingerprint density at radius 1 is 1.17 bits per heavy atom. The number of allylic oxidation sites excluding steroid dienone is 1. The molecule has 0 unspecified atom stereocenters. The molecule has 0 amide bonds. The summed E-state index contributed by atoms with van der Waals surface area (Å²) in [7, 11) is -9.55. The third kappa shape index (κ3) is 3.68. The molecule has 1 aromatic carbocycles. The van der Waals surface area contributed by atoms with Gasteiger partial charge in [-0.3, -0.25) is 9.11 Å². The Kier molecular flexibility index (Phi) is 5.37. The first-order valence-electron chi connectivity index (χ1n) is 4.29. The quantitative estimate of drug-likeness (QED) is 0.508. The zero-order valence-electron chi connectivity index (χ0n) is 10.8. The van der Waals surface area contributed by atoms with Crippen LogP contribution in [0.15, 0.2) is 34.6 Å². The molecule has 18 heavy (non-hydrogen) atoms. The summed E-state index contributed by atoms with van der Waals surface area (Å²) < 4.78 is 62.3. The average molecular weight is 286 g/mol. The predicted molar refractivity (Wildman–Crippen MR) is 61.9 cm³/mol. The van der Waals surface area contributed by atoms with Crippen LogP contribution in [0.4, 0.5) is 0 Å². The summed E-state index contributed by atoms with van der Waals surface area (Å²) >= 11 is 0. The second-order valence-corrected chi connectivity index (χ2v) is 6.11. The van der Waals surface area contributed by atoms with Crippen LogP contribution in [0.3, 0.4) is 0 Å². The van der Waals surface area contributed by atoms with Crippen LogP contribution in [0.1, 0.15) is 13.9 Å². The van der Waals surface area contributed by atoms with Gasteiger partial charge in [-0.15, -0.1) is 0 Å².